The second kappa shape index (κ2) is 12.4. The molecule has 1 heteroatoms. The summed E-state index contributed by atoms with van der Waals surface area (Å²) in [7, 11) is 0. The van der Waals surface area contributed by atoms with Gasteiger partial charge in [0.05, 0.1) is 0 Å². The maximum atomic E-state index is 3.39. The SMILES string of the molecule is CCC(C)C1CCNCC1.CCCCCCC. The van der Waals surface area contributed by atoms with E-state index in [1.165, 1.54) is 64.5 Å². The van der Waals surface area contributed by atoms with E-state index in [2.05, 4.69) is 33.0 Å². The fourth-order valence-corrected chi connectivity index (χ4v) is 2.42. The molecule has 1 nitrogen and oxygen atoms in total. The minimum Gasteiger partial charge on any atom is -0.317 e. The van der Waals surface area contributed by atoms with E-state index in [4.69, 9.17) is 0 Å². The average molecular weight is 241 g/mol. The van der Waals surface area contributed by atoms with Crippen LogP contribution in [0.4, 0.5) is 0 Å². The van der Waals surface area contributed by atoms with Crippen molar-refractivity contribution in [1.82, 2.24) is 5.32 Å². The third kappa shape index (κ3) is 9.64. The van der Waals surface area contributed by atoms with Crippen LogP contribution < -0.4 is 5.32 Å². The zero-order valence-corrected chi connectivity index (χ0v) is 12.7. The highest BCUT2D eigenvalue weighted by Crippen LogP contribution is 2.23. The second-order valence-corrected chi connectivity index (χ2v) is 5.53. The number of rotatable bonds is 6. The Morgan fingerprint density at radius 3 is 1.88 bits per heavy atom. The van der Waals surface area contributed by atoms with Gasteiger partial charge in [0.1, 0.15) is 0 Å². The molecule has 0 aromatic rings. The van der Waals surface area contributed by atoms with Gasteiger partial charge in [-0.2, -0.15) is 0 Å². The van der Waals surface area contributed by atoms with Crippen LogP contribution in [0.25, 0.3) is 0 Å². The maximum absolute atomic E-state index is 3.39. The molecule has 1 aliphatic rings. The molecule has 1 N–H and O–H groups in total. The number of nitrogens with one attached hydrogen (secondary N) is 1. The van der Waals surface area contributed by atoms with Gasteiger partial charge in [0.25, 0.3) is 0 Å². The first kappa shape index (κ1) is 17.0. The van der Waals surface area contributed by atoms with E-state index in [-0.39, 0.29) is 0 Å². The molecule has 1 atom stereocenters. The lowest BCUT2D eigenvalue weighted by Crippen LogP contribution is -2.30. The topological polar surface area (TPSA) is 12.0 Å². The first-order valence-electron chi connectivity index (χ1n) is 7.96. The quantitative estimate of drug-likeness (QED) is 0.645. The summed E-state index contributed by atoms with van der Waals surface area (Å²) < 4.78 is 0. The van der Waals surface area contributed by atoms with Crippen molar-refractivity contribution in [2.75, 3.05) is 13.1 Å². The zero-order valence-electron chi connectivity index (χ0n) is 12.7. The van der Waals surface area contributed by atoms with Crippen molar-refractivity contribution < 1.29 is 0 Å². The third-order valence-electron chi connectivity index (χ3n) is 4.04. The van der Waals surface area contributed by atoms with Gasteiger partial charge in [0, 0.05) is 0 Å². The summed E-state index contributed by atoms with van der Waals surface area (Å²) in [4.78, 5) is 0. The van der Waals surface area contributed by atoms with Crippen LogP contribution in [0.5, 0.6) is 0 Å². The molecule has 1 heterocycles. The molecule has 104 valence electrons. The molecule has 1 fully saturated rings. The van der Waals surface area contributed by atoms with Gasteiger partial charge >= 0.3 is 0 Å². The molecule has 0 aromatic carbocycles. The second-order valence-electron chi connectivity index (χ2n) is 5.53. The number of hydrogen-bond donors (Lipinski definition) is 1. The van der Waals surface area contributed by atoms with Crippen LogP contribution in [-0.2, 0) is 0 Å². The number of hydrogen-bond acceptors (Lipinski definition) is 1. The largest absolute Gasteiger partial charge is 0.317 e. The Kier molecular flexibility index (Phi) is 12.4. The van der Waals surface area contributed by atoms with E-state index in [9.17, 15) is 0 Å². The van der Waals surface area contributed by atoms with Crippen LogP contribution in [0, 0.1) is 11.8 Å². The van der Waals surface area contributed by atoms with Crippen molar-refractivity contribution in [3.05, 3.63) is 0 Å². The van der Waals surface area contributed by atoms with Gasteiger partial charge in [-0.3, -0.25) is 0 Å². The van der Waals surface area contributed by atoms with Gasteiger partial charge in [-0.1, -0.05) is 66.2 Å². The highest BCUT2D eigenvalue weighted by molar-refractivity contribution is 4.72. The Morgan fingerprint density at radius 1 is 0.941 bits per heavy atom. The molecule has 0 bridgehead atoms. The maximum Gasteiger partial charge on any atom is -0.00462 e. The molecule has 1 saturated heterocycles. The molecular formula is C16H35N. The summed E-state index contributed by atoms with van der Waals surface area (Å²) in [5.41, 5.74) is 0. The highest BCUT2D eigenvalue weighted by Gasteiger charge is 2.17. The van der Waals surface area contributed by atoms with E-state index < -0.39 is 0 Å². The first-order valence-corrected chi connectivity index (χ1v) is 7.96. The van der Waals surface area contributed by atoms with Crippen molar-refractivity contribution in [2.24, 2.45) is 11.8 Å². The molecular weight excluding hydrogens is 206 g/mol. The molecule has 0 radical (unpaired) electrons. The summed E-state index contributed by atoms with van der Waals surface area (Å²) >= 11 is 0. The van der Waals surface area contributed by atoms with Crippen LogP contribution in [0.15, 0.2) is 0 Å². The third-order valence-corrected chi connectivity index (χ3v) is 4.04. The summed E-state index contributed by atoms with van der Waals surface area (Å²) in [5, 5.41) is 3.39. The Labute approximate surface area is 110 Å². The molecule has 0 spiro atoms. The van der Waals surface area contributed by atoms with Crippen molar-refractivity contribution >= 4 is 0 Å². The van der Waals surface area contributed by atoms with Gasteiger partial charge < -0.3 is 5.32 Å². The lowest BCUT2D eigenvalue weighted by atomic mass is 9.85. The molecule has 1 aliphatic heterocycles. The smallest absolute Gasteiger partial charge is 0.00462 e. The van der Waals surface area contributed by atoms with Crippen LogP contribution in [0.1, 0.15) is 79.1 Å². The lowest BCUT2D eigenvalue weighted by molar-refractivity contribution is 0.270. The predicted molar refractivity (Wildman–Crippen MR) is 79.5 cm³/mol. The van der Waals surface area contributed by atoms with E-state index in [0.29, 0.717) is 0 Å². The van der Waals surface area contributed by atoms with Gasteiger partial charge in [0.2, 0.25) is 0 Å². The van der Waals surface area contributed by atoms with Gasteiger partial charge in [-0.15, -0.1) is 0 Å². The van der Waals surface area contributed by atoms with Crippen LogP contribution in [-0.4, -0.2) is 13.1 Å². The van der Waals surface area contributed by atoms with Crippen molar-refractivity contribution in [3.63, 3.8) is 0 Å². The first-order chi connectivity index (χ1) is 8.26. The van der Waals surface area contributed by atoms with Gasteiger partial charge in [-0.25, -0.2) is 0 Å². The van der Waals surface area contributed by atoms with Gasteiger partial charge in [-0.05, 0) is 37.8 Å². The predicted octanol–water partition coefficient (Wildman–Crippen LogP) is 5.01. The number of unbranched alkanes of at least 4 members (excludes halogenated alkanes) is 4. The Balaban J connectivity index is 0.000000325. The lowest BCUT2D eigenvalue weighted by Gasteiger charge is -2.27. The van der Waals surface area contributed by atoms with Crippen molar-refractivity contribution in [2.45, 2.75) is 79.1 Å². The van der Waals surface area contributed by atoms with Crippen LogP contribution >= 0.6 is 0 Å². The minimum absolute atomic E-state index is 0.946. The number of piperidine rings is 1. The fourth-order valence-electron chi connectivity index (χ4n) is 2.42. The zero-order chi connectivity index (χ0) is 12.9. The monoisotopic (exact) mass is 241 g/mol. The van der Waals surface area contributed by atoms with Crippen LogP contribution in [0.2, 0.25) is 0 Å². The Bertz CT molecular complexity index is 134. The average Bonchev–Trinajstić information content (AvgIpc) is 2.40. The van der Waals surface area contributed by atoms with E-state index in [0.717, 1.165) is 11.8 Å². The van der Waals surface area contributed by atoms with E-state index in [1.54, 1.807) is 0 Å². The Hall–Kier alpha value is -0.0400. The van der Waals surface area contributed by atoms with E-state index in [1.807, 2.05) is 0 Å². The molecule has 0 aliphatic carbocycles. The summed E-state index contributed by atoms with van der Waals surface area (Å²) in [5.74, 6) is 1.95. The van der Waals surface area contributed by atoms with E-state index >= 15 is 0 Å². The molecule has 1 rings (SSSR count). The molecule has 1 unspecified atom stereocenters. The molecule has 0 amide bonds. The summed E-state index contributed by atoms with van der Waals surface area (Å²) in [6.07, 6.45) is 11.2. The minimum atomic E-state index is 0.946. The molecule has 17 heavy (non-hydrogen) atoms. The molecule has 0 aromatic heterocycles. The fraction of sp³-hybridized carbons (Fsp3) is 1.00. The Morgan fingerprint density at radius 2 is 1.47 bits per heavy atom. The highest BCUT2D eigenvalue weighted by atomic mass is 14.9. The molecule has 0 saturated carbocycles. The summed E-state index contributed by atoms with van der Waals surface area (Å²) in [6.45, 7) is 11.7. The summed E-state index contributed by atoms with van der Waals surface area (Å²) in [6, 6.07) is 0. The van der Waals surface area contributed by atoms with Gasteiger partial charge in [0.15, 0.2) is 0 Å². The van der Waals surface area contributed by atoms with Crippen LogP contribution in [0.3, 0.4) is 0 Å². The van der Waals surface area contributed by atoms with Crippen molar-refractivity contribution in [1.29, 1.82) is 0 Å². The standard InChI is InChI=1S/C9H19N.C7H16/c1-3-8(2)9-4-6-10-7-5-9;1-3-5-7-6-4-2/h8-10H,3-7H2,1-2H3;3-7H2,1-2H3. The van der Waals surface area contributed by atoms with Crippen molar-refractivity contribution in [3.8, 4) is 0 Å². The normalized spacial score (nSPS) is 18.4.